The van der Waals surface area contributed by atoms with Crippen molar-refractivity contribution >= 4 is 35.2 Å². The zero-order valence-corrected chi connectivity index (χ0v) is 16.2. The van der Waals surface area contributed by atoms with Crippen molar-refractivity contribution in [2.75, 3.05) is 0 Å². The first-order valence-electron chi connectivity index (χ1n) is 8.34. The minimum absolute atomic E-state index is 0.181. The maximum Gasteiger partial charge on any atom is 0.249 e. The number of β-lactam (4-membered cyclic amide) rings is 1. The lowest BCUT2D eigenvalue weighted by Gasteiger charge is -2.44. The predicted molar refractivity (Wildman–Crippen MR) is 99.5 cm³/mol. The molecule has 142 valence electrons. The Hall–Kier alpha value is -2.17. The lowest BCUT2D eigenvalue weighted by molar-refractivity contribution is -0.152. The van der Waals surface area contributed by atoms with Crippen molar-refractivity contribution in [3.63, 3.8) is 0 Å². The summed E-state index contributed by atoms with van der Waals surface area (Å²) in [5.41, 5.74) is 6.63. The van der Waals surface area contributed by atoms with Gasteiger partial charge < -0.3 is 16.0 Å². The Labute approximate surface area is 164 Å². The van der Waals surface area contributed by atoms with Crippen LogP contribution in [0, 0.1) is 0 Å². The van der Waals surface area contributed by atoms with Crippen LogP contribution in [0.15, 0.2) is 24.3 Å². The molecule has 9 nitrogen and oxygen atoms in total. The number of aromatic amines is 1. The highest BCUT2D eigenvalue weighted by atomic mass is 35.5. The van der Waals surface area contributed by atoms with E-state index in [1.807, 2.05) is 13.8 Å². The fraction of sp³-hybridized carbons (Fsp3) is 0.438. The summed E-state index contributed by atoms with van der Waals surface area (Å²) >= 11 is 7.55. The minimum atomic E-state index is -0.905. The molecule has 2 aliphatic heterocycles. The molecule has 0 bridgehead atoms. The molecule has 2 unspecified atom stereocenters. The molecule has 3 heterocycles. The van der Waals surface area contributed by atoms with E-state index in [4.69, 9.17) is 17.3 Å². The number of tetrazole rings is 1. The zero-order valence-electron chi connectivity index (χ0n) is 14.6. The quantitative estimate of drug-likeness (QED) is 0.638. The monoisotopic (exact) mass is 407 g/mol. The van der Waals surface area contributed by atoms with Crippen molar-refractivity contribution in [2.45, 2.75) is 42.1 Å². The van der Waals surface area contributed by atoms with Crippen LogP contribution in [0.25, 0.3) is 0 Å². The fourth-order valence-corrected chi connectivity index (χ4v) is 5.37. The topological polar surface area (TPSA) is 130 Å². The molecule has 11 heteroatoms. The van der Waals surface area contributed by atoms with Gasteiger partial charge in [0.15, 0.2) is 5.82 Å². The number of halogens is 1. The van der Waals surface area contributed by atoms with Gasteiger partial charge in [0.2, 0.25) is 11.8 Å². The third-order valence-electron chi connectivity index (χ3n) is 4.84. The van der Waals surface area contributed by atoms with Gasteiger partial charge in [-0.1, -0.05) is 28.9 Å². The third kappa shape index (κ3) is 2.97. The molecule has 1 aromatic heterocycles. The van der Waals surface area contributed by atoms with Gasteiger partial charge in [-0.05, 0) is 31.5 Å². The van der Waals surface area contributed by atoms with Crippen LogP contribution in [0.1, 0.15) is 37.3 Å². The highest BCUT2D eigenvalue weighted by Crippen LogP contribution is 2.56. The maximum atomic E-state index is 12.7. The van der Waals surface area contributed by atoms with E-state index in [1.165, 1.54) is 0 Å². The van der Waals surface area contributed by atoms with E-state index < -0.39 is 18.0 Å². The van der Waals surface area contributed by atoms with Crippen LogP contribution in [-0.2, 0) is 9.59 Å². The number of aromatic nitrogens is 4. The fourth-order valence-electron chi connectivity index (χ4n) is 3.54. The smallest absolute Gasteiger partial charge is 0.249 e. The first-order valence-corrected chi connectivity index (χ1v) is 9.60. The number of thioether (sulfide) groups is 1. The number of carbonyl (C=O) groups is 2. The minimum Gasteiger partial charge on any atom is -0.340 e. The summed E-state index contributed by atoms with van der Waals surface area (Å²) in [6.07, 6.45) is 0. The van der Waals surface area contributed by atoms with E-state index in [-0.39, 0.29) is 22.1 Å². The normalized spacial score (nSPS) is 27.0. The van der Waals surface area contributed by atoms with Crippen molar-refractivity contribution in [1.82, 2.24) is 30.8 Å². The molecular weight excluding hydrogens is 390 g/mol. The van der Waals surface area contributed by atoms with Crippen LogP contribution in [-0.4, -0.2) is 53.5 Å². The van der Waals surface area contributed by atoms with E-state index in [0.29, 0.717) is 16.4 Å². The average molecular weight is 408 g/mol. The molecule has 4 rings (SSSR count). The summed E-state index contributed by atoms with van der Waals surface area (Å²) in [7, 11) is 0. The second kappa shape index (κ2) is 6.47. The van der Waals surface area contributed by atoms with Gasteiger partial charge in [-0.15, -0.1) is 22.0 Å². The average Bonchev–Trinajstić information content (AvgIpc) is 3.23. The predicted octanol–water partition coefficient (Wildman–Crippen LogP) is 0.773. The number of nitrogens with two attached hydrogens (primary N) is 1. The van der Waals surface area contributed by atoms with E-state index in [1.54, 1.807) is 40.9 Å². The lowest BCUT2D eigenvalue weighted by atomic mass is 9.95. The van der Waals surface area contributed by atoms with Crippen LogP contribution in [0.3, 0.4) is 0 Å². The molecule has 4 atom stereocenters. The zero-order chi connectivity index (χ0) is 19.3. The third-order valence-corrected chi connectivity index (χ3v) is 6.64. The standard InChI is InChI=1S/C16H18ClN7O2S/c1-16(2)11(12-20-22-23-21-12)24-14(26)10(15(24)27-16)19-13(25)9(18)7-4-3-5-8(17)6-7/h3-6,9-11,15H,18H2,1-2H3,(H,19,25)(H,20,21,22,23)/t9-,10?,11?,15+/m0/s1. The van der Waals surface area contributed by atoms with Crippen LogP contribution in [0.5, 0.6) is 0 Å². The first-order chi connectivity index (χ1) is 12.8. The Morgan fingerprint density at radius 2 is 2.26 bits per heavy atom. The van der Waals surface area contributed by atoms with Crippen molar-refractivity contribution in [3.05, 3.63) is 40.7 Å². The molecule has 2 aromatic rings. The van der Waals surface area contributed by atoms with Gasteiger partial charge in [-0.25, -0.2) is 0 Å². The Bertz CT molecular complexity index is 891. The Morgan fingerprint density at radius 1 is 1.48 bits per heavy atom. The first kappa shape index (κ1) is 18.2. The molecule has 4 N–H and O–H groups in total. The molecular formula is C16H18ClN7O2S. The summed E-state index contributed by atoms with van der Waals surface area (Å²) in [4.78, 5) is 27.0. The van der Waals surface area contributed by atoms with Crippen LogP contribution >= 0.6 is 23.4 Å². The van der Waals surface area contributed by atoms with Gasteiger partial charge in [0.25, 0.3) is 0 Å². The molecule has 2 amide bonds. The summed E-state index contributed by atoms with van der Waals surface area (Å²) in [5, 5.41) is 17.2. The van der Waals surface area contributed by atoms with Crippen molar-refractivity contribution < 1.29 is 9.59 Å². The SMILES string of the molecule is CC1(C)S[C@@H]2C(NC(=O)[C@@H](N)c3cccc(Cl)c3)C(=O)N2C1c1nn[nH]n1. The lowest BCUT2D eigenvalue weighted by Crippen LogP contribution is -2.68. The number of H-pyrrole nitrogens is 1. The molecule has 0 aliphatic carbocycles. The van der Waals surface area contributed by atoms with E-state index >= 15 is 0 Å². The number of nitrogens with one attached hydrogen (secondary N) is 2. The largest absolute Gasteiger partial charge is 0.340 e. The van der Waals surface area contributed by atoms with Gasteiger partial charge in [0.05, 0.1) is 0 Å². The second-order valence-electron chi connectivity index (χ2n) is 7.05. The number of rotatable bonds is 4. The summed E-state index contributed by atoms with van der Waals surface area (Å²) in [6.45, 7) is 4.03. The van der Waals surface area contributed by atoms with Crippen molar-refractivity contribution in [1.29, 1.82) is 0 Å². The van der Waals surface area contributed by atoms with E-state index in [2.05, 4.69) is 25.9 Å². The number of carbonyl (C=O) groups excluding carboxylic acids is 2. The van der Waals surface area contributed by atoms with E-state index in [0.717, 1.165) is 0 Å². The molecule has 0 saturated carbocycles. The van der Waals surface area contributed by atoms with Gasteiger partial charge in [0.1, 0.15) is 23.5 Å². The number of benzene rings is 1. The summed E-state index contributed by atoms with van der Waals surface area (Å²) in [5.74, 6) is -0.139. The highest BCUT2D eigenvalue weighted by Gasteiger charge is 2.63. The molecule has 27 heavy (non-hydrogen) atoms. The van der Waals surface area contributed by atoms with Gasteiger partial charge >= 0.3 is 0 Å². The molecule has 2 saturated heterocycles. The number of amides is 2. The highest BCUT2D eigenvalue weighted by molar-refractivity contribution is 8.01. The molecule has 0 radical (unpaired) electrons. The van der Waals surface area contributed by atoms with Gasteiger partial charge in [0, 0.05) is 9.77 Å². The summed E-state index contributed by atoms with van der Waals surface area (Å²) in [6, 6.07) is 4.95. The van der Waals surface area contributed by atoms with Crippen molar-refractivity contribution in [2.24, 2.45) is 5.73 Å². The van der Waals surface area contributed by atoms with Gasteiger partial charge in [-0.3, -0.25) is 9.59 Å². The molecule has 0 spiro atoms. The number of hydrogen-bond acceptors (Lipinski definition) is 7. The molecule has 2 fully saturated rings. The Morgan fingerprint density at radius 3 is 2.93 bits per heavy atom. The second-order valence-corrected chi connectivity index (χ2v) is 9.26. The Kier molecular flexibility index (Phi) is 4.36. The number of fused-ring (bicyclic) bond motifs is 1. The molecule has 1 aromatic carbocycles. The molecule has 2 aliphatic rings. The summed E-state index contributed by atoms with van der Waals surface area (Å²) < 4.78 is -0.321. The van der Waals surface area contributed by atoms with Crippen molar-refractivity contribution in [3.8, 4) is 0 Å². The van der Waals surface area contributed by atoms with Crippen LogP contribution in [0.2, 0.25) is 5.02 Å². The maximum absolute atomic E-state index is 12.7. The Balaban J connectivity index is 1.49. The van der Waals surface area contributed by atoms with Gasteiger partial charge in [-0.2, -0.15) is 5.21 Å². The van der Waals surface area contributed by atoms with Crippen LogP contribution < -0.4 is 11.1 Å². The number of hydrogen-bond donors (Lipinski definition) is 3. The number of nitrogens with zero attached hydrogens (tertiary/aromatic N) is 4. The van der Waals surface area contributed by atoms with E-state index in [9.17, 15) is 9.59 Å². The van der Waals surface area contributed by atoms with Crippen LogP contribution in [0.4, 0.5) is 0 Å².